The number of likely N-dealkylation sites (tertiary alicyclic amines) is 1. The van der Waals surface area contributed by atoms with E-state index in [1.807, 2.05) is 42.9 Å². The lowest BCUT2D eigenvalue weighted by Gasteiger charge is -2.32. The molecule has 1 fully saturated rings. The molecule has 0 atom stereocenters. The molecule has 1 saturated heterocycles. The first-order chi connectivity index (χ1) is 15.5. The Morgan fingerprint density at radius 2 is 1.76 bits per heavy atom. The van der Waals surface area contributed by atoms with E-state index in [0.29, 0.717) is 11.7 Å². The standard InChI is InChI=1S/C21H25N3O2.C2HF3O2/c1-15-3-8-20(26-15)21-18(13-23(2)22-21)14-24-11-9-17(10-12-24)16-4-6-19(25)7-5-16;3-2(4,5)1(6)7/h3-8,13,17,25H,9-12,14H2,1-2H3;(H,6,7). The summed E-state index contributed by atoms with van der Waals surface area (Å²) in [6, 6.07) is 11.7. The number of halogens is 3. The van der Waals surface area contributed by atoms with Crippen LogP contribution in [0.2, 0.25) is 0 Å². The number of phenolic OH excluding ortho intramolecular Hbond substituents is 1. The fraction of sp³-hybridized carbons (Fsp3) is 0.391. The van der Waals surface area contributed by atoms with Gasteiger partial charge in [0.1, 0.15) is 17.2 Å². The van der Waals surface area contributed by atoms with Crippen molar-refractivity contribution in [3.05, 3.63) is 59.5 Å². The Labute approximate surface area is 189 Å². The summed E-state index contributed by atoms with van der Waals surface area (Å²) in [5, 5.41) is 21.2. The van der Waals surface area contributed by atoms with Crippen LogP contribution in [0.25, 0.3) is 11.5 Å². The highest BCUT2D eigenvalue weighted by molar-refractivity contribution is 5.73. The number of rotatable bonds is 4. The summed E-state index contributed by atoms with van der Waals surface area (Å²) >= 11 is 0. The molecule has 2 N–H and O–H groups in total. The van der Waals surface area contributed by atoms with Gasteiger partial charge >= 0.3 is 12.1 Å². The predicted octanol–water partition coefficient (Wildman–Crippen LogP) is 4.71. The van der Waals surface area contributed by atoms with Crippen LogP contribution in [0.1, 0.15) is 35.6 Å². The number of carboxylic acid groups (broad SMARTS) is 1. The molecule has 10 heteroatoms. The van der Waals surface area contributed by atoms with Gasteiger partial charge in [0.2, 0.25) is 0 Å². The third kappa shape index (κ3) is 6.61. The molecule has 0 bridgehead atoms. The number of benzene rings is 1. The molecule has 2 aromatic heterocycles. The van der Waals surface area contributed by atoms with Crippen LogP contribution < -0.4 is 0 Å². The van der Waals surface area contributed by atoms with Crippen LogP contribution >= 0.6 is 0 Å². The van der Waals surface area contributed by atoms with Crippen molar-refractivity contribution >= 4 is 5.97 Å². The molecule has 3 heterocycles. The van der Waals surface area contributed by atoms with Crippen LogP contribution in [0.4, 0.5) is 13.2 Å². The zero-order chi connectivity index (χ0) is 24.2. The quantitative estimate of drug-likeness (QED) is 0.580. The minimum Gasteiger partial charge on any atom is -0.508 e. The summed E-state index contributed by atoms with van der Waals surface area (Å²) in [7, 11) is 1.96. The van der Waals surface area contributed by atoms with Gasteiger partial charge in [0.25, 0.3) is 0 Å². The van der Waals surface area contributed by atoms with E-state index in [1.54, 1.807) is 12.1 Å². The molecule has 33 heavy (non-hydrogen) atoms. The van der Waals surface area contributed by atoms with E-state index in [0.717, 1.165) is 49.7 Å². The van der Waals surface area contributed by atoms with Crippen LogP contribution in [0.15, 0.2) is 47.0 Å². The molecule has 1 aliphatic rings. The summed E-state index contributed by atoms with van der Waals surface area (Å²) in [5.41, 5.74) is 3.49. The van der Waals surface area contributed by atoms with Gasteiger partial charge in [-0.3, -0.25) is 9.58 Å². The minimum absolute atomic E-state index is 0.337. The van der Waals surface area contributed by atoms with Crippen molar-refractivity contribution in [1.82, 2.24) is 14.7 Å². The van der Waals surface area contributed by atoms with Crippen molar-refractivity contribution in [2.24, 2.45) is 7.05 Å². The monoisotopic (exact) mass is 465 g/mol. The molecule has 0 aliphatic carbocycles. The number of piperidine rings is 1. The van der Waals surface area contributed by atoms with Crippen molar-refractivity contribution in [1.29, 1.82) is 0 Å². The smallest absolute Gasteiger partial charge is 0.490 e. The van der Waals surface area contributed by atoms with E-state index >= 15 is 0 Å². The number of phenols is 1. The molecule has 4 rings (SSSR count). The maximum atomic E-state index is 10.6. The van der Waals surface area contributed by atoms with Gasteiger partial charge in [-0.15, -0.1) is 0 Å². The summed E-state index contributed by atoms with van der Waals surface area (Å²) in [4.78, 5) is 11.4. The Morgan fingerprint density at radius 3 is 2.27 bits per heavy atom. The number of aromatic nitrogens is 2. The number of hydrogen-bond donors (Lipinski definition) is 2. The van der Waals surface area contributed by atoms with Gasteiger partial charge in [-0.05, 0) is 68.6 Å². The largest absolute Gasteiger partial charge is 0.508 e. The van der Waals surface area contributed by atoms with Gasteiger partial charge < -0.3 is 14.6 Å². The fourth-order valence-corrected chi connectivity index (χ4v) is 3.83. The van der Waals surface area contributed by atoms with E-state index in [-0.39, 0.29) is 0 Å². The second-order valence-electron chi connectivity index (χ2n) is 8.03. The predicted molar refractivity (Wildman–Crippen MR) is 115 cm³/mol. The molecule has 178 valence electrons. The molecule has 0 radical (unpaired) electrons. The summed E-state index contributed by atoms with van der Waals surface area (Å²) in [6.07, 6.45) is -0.709. The van der Waals surface area contributed by atoms with Gasteiger partial charge in [0, 0.05) is 25.4 Å². The van der Waals surface area contributed by atoms with Gasteiger partial charge in [0.15, 0.2) is 5.76 Å². The van der Waals surface area contributed by atoms with Crippen LogP contribution in [0, 0.1) is 6.92 Å². The first-order valence-corrected chi connectivity index (χ1v) is 10.4. The molecule has 0 unspecified atom stereocenters. The number of aromatic hydroxyl groups is 1. The first kappa shape index (κ1) is 24.4. The van der Waals surface area contributed by atoms with Crippen LogP contribution in [0.5, 0.6) is 5.75 Å². The maximum absolute atomic E-state index is 10.6. The van der Waals surface area contributed by atoms with Crippen molar-refractivity contribution in [2.45, 2.75) is 38.4 Å². The zero-order valence-corrected chi connectivity index (χ0v) is 18.3. The Bertz CT molecular complexity index is 1070. The Hall–Kier alpha value is -3.27. The van der Waals surface area contributed by atoms with Gasteiger partial charge in [-0.25, -0.2) is 4.79 Å². The highest BCUT2D eigenvalue weighted by atomic mass is 19.4. The lowest BCUT2D eigenvalue weighted by molar-refractivity contribution is -0.192. The van der Waals surface area contributed by atoms with Crippen LogP contribution in [-0.2, 0) is 18.4 Å². The first-order valence-electron chi connectivity index (χ1n) is 10.4. The van der Waals surface area contributed by atoms with Gasteiger partial charge in [-0.1, -0.05) is 12.1 Å². The molecule has 0 amide bonds. The third-order valence-electron chi connectivity index (χ3n) is 5.47. The fourth-order valence-electron chi connectivity index (χ4n) is 3.83. The van der Waals surface area contributed by atoms with E-state index in [9.17, 15) is 18.3 Å². The second kappa shape index (κ2) is 10.1. The maximum Gasteiger partial charge on any atom is 0.490 e. The van der Waals surface area contributed by atoms with Crippen molar-refractivity contribution in [2.75, 3.05) is 13.1 Å². The zero-order valence-electron chi connectivity index (χ0n) is 18.3. The third-order valence-corrected chi connectivity index (χ3v) is 5.47. The lowest BCUT2D eigenvalue weighted by Crippen LogP contribution is -2.32. The van der Waals surface area contributed by atoms with E-state index in [4.69, 9.17) is 14.3 Å². The molecule has 1 aromatic carbocycles. The highest BCUT2D eigenvalue weighted by Gasteiger charge is 2.38. The Kier molecular flexibility index (Phi) is 7.47. The highest BCUT2D eigenvalue weighted by Crippen LogP contribution is 2.31. The molecule has 0 spiro atoms. The number of aryl methyl sites for hydroxylation is 2. The normalized spacial score (nSPS) is 15.2. The van der Waals surface area contributed by atoms with Gasteiger partial charge in [0.05, 0.1) is 0 Å². The molecular formula is C23H26F3N3O4. The minimum atomic E-state index is -5.08. The van der Waals surface area contributed by atoms with Crippen molar-refractivity contribution in [3.63, 3.8) is 0 Å². The lowest BCUT2D eigenvalue weighted by atomic mass is 9.89. The Morgan fingerprint density at radius 1 is 1.15 bits per heavy atom. The molecule has 3 aromatic rings. The molecular weight excluding hydrogens is 439 g/mol. The topological polar surface area (TPSA) is 91.7 Å². The van der Waals surface area contributed by atoms with Gasteiger partial charge in [-0.2, -0.15) is 18.3 Å². The molecule has 7 nitrogen and oxygen atoms in total. The average Bonchev–Trinajstić information content (AvgIpc) is 3.34. The SMILES string of the molecule is Cc1ccc(-c2nn(C)cc2CN2CCC(c3ccc(O)cc3)CC2)o1.O=C(O)C(F)(F)F. The summed E-state index contributed by atoms with van der Waals surface area (Å²) < 4.78 is 39.4. The number of furan rings is 1. The number of carbonyl (C=O) groups is 1. The van der Waals surface area contributed by atoms with Crippen molar-refractivity contribution < 1.29 is 32.6 Å². The number of hydrogen-bond acceptors (Lipinski definition) is 5. The van der Waals surface area contributed by atoms with Crippen LogP contribution in [0.3, 0.4) is 0 Å². The second-order valence-corrected chi connectivity index (χ2v) is 8.03. The van der Waals surface area contributed by atoms with Crippen LogP contribution in [-0.4, -0.2) is 50.1 Å². The molecule has 1 aliphatic heterocycles. The number of alkyl halides is 3. The number of carboxylic acids is 1. The number of nitrogens with zero attached hydrogens (tertiary/aromatic N) is 3. The van der Waals surface area contributed by atoms with Crippen molar-refractivity contribution in [3.8, 4) is 17.2 Å². The molecule has 0 saturated carbocycles. The number of aliphatic carboxylic acids is 1. The van der Waals surface area contributed by atoms with E-state index < -0.39 is 12.1 Å². The van der Waals surface area contributed by atoms with E-state index in [2.05, 4.69) is 16.2 Å². The average molecular weight is 465 g/mol. The Balaban J connectivity index is 0.000000383. The van der Waals surface area contributed by atoms with E-state index in [1.165, 1.54) is 11.1 Å². The summed E-state index contributed by atoms with van der Waals surface area (Å²) in [5.74, 6) is -0.0905. The summed E-state index contributed by atoms with van der Waals surface area (Å²) in [6.45, 7) is 4.99.